The lowest BCUT2D eigenvalue weighted by molar-refractivity contribution is 0.386. The predicted octanol–water partition coefficient (Wildman–Crippen LogP) is 3.98. The maximum Gasteiger partial charge on any atom is -0.00464 e. The quantitative estimate of drug-likeness (QED) is 0.525. The molecular formula is C13H29N. The van der Waals surface area contributed by atoms with Crippen LogP contribution in [0.25, 0.3) is 0 Å². The van der Waals surface area contributed by atoms with E-state index >= 15 is 0 Å². The van der Waals surface area contributed by atoms with E-state index in [0.717, 1.165) is 12.5 Å². The molecule has 86 valence electrons. The van der Waals surface area contributed by atoms with E-state index in [4.69, 9.17) is 0 Å². The van der Waals surface area contributed by atoms with Gasteiger partial charge in [0.05, 0.1) is 0 Å². The first kappa shape index (κ1) is 14.0. The monoisotopic (exact) mass is 199 g/mol. The van der Waals surface area contributed by atoms with Crippen LogP contribution in [0.1, 0.15) is 65.7 Å². The van der Waals surface area contributed by atoms with Crippen LogP contribution in [0.5, 0.6) is 0 Å². The van der Waals surface area contributed by atoms with Crippen molar-refractivity contribution in [2.45, 2.75) is 65.7 Å². The summed E-state index contributed by atoms with van der Waals surface area (Å²) in [7, 11) is 0. The third kappa shape index (κ3) is 8.55. The second-order valence-corrected chi connectivity index (χ2v) is 4.29. The first-order valence-corrected chi connectivity index (χ1v) is 6.55. The molecule has 0 saturated heterocycles. The van der Waals surface area contributed by atoms with Crippen molar-refractivity contribution in [1.29, 1.82) is 0 Å². The Kier molecular flexibility index (Phi) is 11.0. The zero-order valence-electron chi connectivity index (χ0n) is 10.4. The number of rotatable bonds is 10. The Labute approximate surface area is 90.7 Å². The summed E-state index contributed by atoms with van der Waals surface area (Å²) < 4.78 is 0. The van der Waals surface area contributed by atoms with Crippen molar-refractivity contribution in [1.82, 2.24) is 5.32 Å². The van der Waals surface area contributed by atoms with E-state index in [1.165, 1.54) is 51.5 Å². The Morgan fingerprint density at radius 1 is 0.857 bits per heavy atom. The van der Waals surface area contributed by atoms with Crippen LogP contribution in [-0.4, -0.2) is 13.1 Å². The van der Waals surface area contributed by atoms with Crippen molar-refractivity contribution < 1.29 is 0 Å². The lowest BCUT2D eigenvalue weighted by Crippen LogP contribution is -2.17. The topological polar surface area (TPSA) is 12.0 Å². The van der Waals surface area contributed by atoms with Gasteiger partial charge in [0, 0.05) is 0 Å². The maximum absolute atomic E-state index is 3.43. The normalized spacial score (nSPS) is 11.1. The molecule has 0 aromatic carbocycles. The Balaban J connectivity index is 3.49. The fourth-order valence-corrected chi connectivity index (χ4v) is 1.90. The smallest absolute Gasteiger partial charge is 0.00464 e. The summed E-state index contributed by atoms with van der Waals surface area (Å²) in [5.74, 6) is 0.981. The van der Waals surface area contributed by atoms with Gasteiger partial charge in [0.25, 0.3) is 0 Å². The number of hydrogen-bond donors (Lipinski definition) is 1. The first-order valence-electron chi connectivity index (χ1n) is 6.55. The molecule has 14 heavy (non-hydrogen) atoms. The molecule has 1 nitrogen and oxygen atoms in total. The van der Waals surface area contributed by atoms with E-state index in [-0.39, 0.29) is 0 Å². The van der Waals surface area contributed by atoms with E-state index in [1.54, 1.807) is 0 Å². The second-order valence-electron chi connectivity index (χ2n) is 4.29. The minimum Gasteiger partial charge on any atom is -0.317 e. The molecule has 0 aromatic heterocycles. The van der Waals surface area contributed by atoms with E-state index in [2.05, 4.69) is 26.1 Å². The SMILES string of the molecule is CCCCC(CCCC)CCNCC. The van der Waals surface area contributed by atoms with E-state index in [0.29, 0.717) is 0 Å². The van der Waals surface area contributed by atoms with E-state index in [9.17, 15) is 0 Å². The van der Waals surface area contributed by atoms with Gasteiger partial charge in [-0.15, -0.1) is 0 Å². The standard InChI is InChI=1S/C13H29N/c1-4-7-9-13(10-8-5-2)11-12-14-6-3/h13-14H,4-12H2,1-3H3. The highest BCUT2D eigenvalue weighted by Crippen LogP contribution is 2.19. The second kappa shape index (κ2) is 11.0. The number of unbranched alkanes of at least 4 members (excludes halogenated alkanes) is 2. The Bertz CT molecular complexity index is 93.4. The molecule has 0 bridgehead atoms. The molecule has 0 fully saturated rings. The van der Waals surface area contributed by atoms with Gasteiger partial charge >= 0.3 is 0 Å². The van der Waals surface area contributed by atoms with Crippen molar-refractivity contribution in [3.05, 3.63) is 0 Å². The Morgan fingerprint density at radius 2 is 1.43 bits per heavy atom. The summed E-state index contributed by atoms with van der Waals surface area (Å²) in [6, 6.07) is 0. The van der Waals surface area contributed by atoms with Crippen molar-refractivity contribution in [3.8, 4) is 0 Å². The third-order valence-corrected chi connectivity index (χ3v) is 2.91. The molecule has 0 saturated carbocycles. The van der Waals surface area contributed by atoms with Crippen LogP contribution in [0.15, 0.2) is 0 Å². The number of hydrogen-bond acceptors (Lipinski definition) is 1. The molecule has 0 radical (unpaired) electrons. The van der Waals surface area contributed by atoms with Gasteiger partial charge in [-0.2, -0.15) is 0 Å². The minimum atomic E-state index is 0.981. The average molecular weight is 199 g/mol. The molecule has 0 aromatic rings. The van der Waals surface area contributed by atoms with Gasteiger partial charge in [0.1, 0.15) is 0 Å². The van der Waals surface area contributed by atoms with Crippen LogP contribution in [0.4, 0.5) is 0 Å². The van der Waals surface area contributed by atoms with Gasteiger partial charge in [0.15, 0.2) is 0 Å². The molecule has 0 amide bonds. The van der Waals surface area contributed by atoms with Crippen LogP contribution < -0.4 is 5.32 Å². The summed E-state index contributed by atoms with van der Waals surface area (Å²) in [5.41, 5.74) is 0. The molecule has 0 aliphatic rings. The van der Waals surface area contributed by atoms with Gasteiger partial charge < -0.3 is 5.32 Å². The van der Waals surface area contributed by atoms with Gasteiger partial charge in [-0.25, -0.2) is 0 Å². The van der Waals surface area contributed by atoms with Gasteiger partial charge in [-0.05, 0) is 25.4 Å². The highest BCUT2D eigenvalue weighted by Gasteiger charge is 2.06. The highest BCUT2D eigenvalue weighted by atomic mass is 14.8. The molecule has 0 unspecified atom stereocenters. The number of nitrogens with one attached hydrogen (secondary N) is 1. The molecule has 1 N–H and O–H groups in total. The predicted molar refractivity (Wildman–Crippen MR) is 65.7 cm³/mol. The van der Waals surface area contributed by atoms with Gasteiger partial charge in [-0.1, -0.05) is 59.3 Å². The molecule has 0 atom stereocenters. The van der Waals surface area contributed by atoms with E-state index in [1.807, 2.05) is 0 Å². The highest BCUT2D eigenvalue weighted by molar-refractivity contribution is 4.61. The van der Waals surface area contributed by atoms with Crippen molar-refractivity contribution in [2.24, 2.45) is 5.92 Å². The summed E-state index contributed by atoms with van der Waals surface area (Å²) in [5, 5.41) is 3.43. The molecule has 0 rings (SSSR count). The van der Waals surface area contributed by atoms with Crippen molar-refractivity contribution in [2.75, 3.05) is 13.1 Å². The van der Waals surface area contributed by atoms with Gasteiger partial charge in [0.2, 0.25) is 0 Å². The maximum atomic E-state index is 3.43. The molecular weight excluding hydrogens is 170 g/mol. The summed E-state index contributed by atoms with van der Waals surface area (Å²) in [6.07, 6.45) is 9.81. The average Bonchev–Trinajstić information content (AvgIpc) is 2.21. The van der Waals surface area contributed by atoms with Crippen LogP contribution in [0, 0.1) is 5.92 Å². The van der Waals surface area contributed by atoms with Crippen molar-refractivity contribution in [3.63, 3.8) is 0 Å². The van der Waals surface area contributed by atoms with E-state index < -0.39 is 0 Å². The van der Waals surface area contributed by atoms with Crippen molar-refractivity contribution >= 4 is 0 Å². The summed E-state index contributed by atoms with van der Waals surface area (Å²) in [4.78, 5) is 0. The molecule has 0 heterocycles. The Hall–Kier alpha value is -0.0400. The van der Waals surface area contributed by atoms with Crippen LogP contribution >= 0.6 is 0 Å². The lowest BCUT2D eigenvalue weighted by Gasteiger charge is -2.16. The summed E-state index contributed by atoms with van der Waals surface area (Å²) in [6.45, 7) is 9.11. The third-order valence-electron chi connectivity index (χ3n) is 2.91. The molecule has 0 spiro atoms. The van der Waals surface area contributed by atoms with Gasteiger partial charge in [-0.3, -0.25) is 0 Å². The van der Waals surface area contributed by atoms with Crippen LogP contribution in [-0.2, 0) is 0 Å². The summed E-state index contributed by atoms with van der Waals surface area (Å²) >= 11 is 0. The first-order chi connectivity index (χ1) is 6.85. The van der Waals surface area contributed by atoms with Crippen LogP contribution in [0.3, 0.4) is 0 Å². The fraction of sp³-hybridized carbons (Fsp3) is 1.00. The lowest BCUT2D eigenvalue weighted by atomic mass is 9.93. The zero-order valence-corrected chi connectivity index (χ0v) is 10.4. The zero-order chi connectivity index (χ0) is 10.6. The Morgan fingerprint density at radius 3 is 1.86 bits per heavy atom. The molecule has 1 heteroatoms. The molecule has 0 aliphatic carbocycles. The minimum absolute atomic E-state index is 0.981. The van der Waals surface area contributed by atoms with Crippen LogP contribution in [0.2, 0.25) is 0 Å². The fourth-order valence-electron chi connectivity index (χ4n) is 1.90. The molecule has 0 aliphatic heterocycles. The largest absolute Gasteiger partial charge is 0.317 e.